The molecule has 0 radical (unpaired) electrons. The van der Waals surface area contributed by atoms with Gasteiger partial charge in [0.15, 0.2) is 5.96 Å². The van der Waals surface area contributed by atoms with Gasteiger partial charge in [-0.1, -0.05) is 26.0 Å². The molecule has 3 rings (SSSR count). The summed E-state index contributed by atoms with van der Waals surface area (Å²) in [6.45, 7) is 9.06. The van der Waals surface area contributed by atoms with Crippen LogP contribution in [0.3, 0.4) is 0 Å². The number of aliphatic imine (C=N–C) groups is 1. The molecule has 2 aliphatic rings. The molecule has 0 aliphatic carbocycles. The molecule has 28 heavy (non-hydrogen) atoms. The fourth-order valence-corrected chi connectivity index (χ4v) is 4.60. The molecule has 6 heteroatoms. The molecule has 0 aromatic heterocycles. The first-order valence-corrected chi connectivity index (χ1v) is 10.3. The Bertz CT molecular complexity index is 629. The van der Waals surface area contributed by atoms with Gasteiger partial charge in [0.05, 0.1) is 0 Å². The fraction of sp³-hybridized carbons (Fsp3) is 0.682. The molecule has 2 heterocycles. The lowest BCUT2D eigenvalue weighted by molar-refractivity contribution is 0.0512. The average Bonchev–Trinajstić information content (AvgIpc) is 3.11. The van der Waals surface area contributed by atoms with Crippen LogP contribution in [0.15, 0.2) is 29.3 Å². The maximum absolute atomic E-state index is 13.4. The zero-order chi connectivity index (χ0) is 19.3. The van der Waals surface area contributed by atoms with Gasteiger partial charge in [-0.15, -0.1) is 24.0 Å². The fourth-order valence-electron chi connectivity index (χ4n) is 4.60. The Balaban J connectivity index is 0.00000280. The van der Waals surface area contributed by atoms with Gasteiger partial charge in [0.1, 0.15) is 5.82 Å². The van der Waals surface area contributed by atoms with E-state index in [9.17, 15) is 4.39 Å². The molecule has 2 aliphatic heterocycles. The molecule has 1 aromatic rings. The summed E-state index contributed by atoms with van der Waals surface area (Å²) in [6, 6.07) is 7.00. The lowest BCUT2D eigenvalue weighted by atomic mass is 9.74. The highest BCUT2D eigenvalue weighted by molar-refractivity contribution is 14.0. The Morgan fingerprint density at radius 3 is 2.57 bits per heavy atom. The van der Waals surface area contributed by atoms with Gasteiger partial charge in [-0.25, -0.2) is 4.39 Å². The zero-order valence-electron chi connectivity index (χ0n) is 17.4. The topological polar surface area (TPSA) is 36.9 Å². The number of rotatable bonds is 5. The van der Waals surface area contributed by atoms with E-state index >= 15 is 0 Å². The number of likely N-dealkylation sites (tertiary alicyclic amines) is 1. The van der Waals surface area contributed by atoms with Gasteiger partial charge in [-0.05, 0) is 55.2 Å². The molecule has 0 saturated carbocycles. The second-order valence-corrected chi connectivity index (χ2v) is 8.53. The summed E-state index contributed by atoms with van der Waals surface area (Å²) in [4.78, 5) is 6.94. The molecule has 2 fully saturated rings. The van der Waals surface area contributed by atoms with Crippen molar-refractivity contribution >= 4 is 29.9 Å². The van der Waals surface area contributed by atoms with Crippen LogP contribution in [0.1, 0.15) is 45.1 Å². The summed E-state index contributed by atoms with van der Waals surface area (Å²) >= 11 is 0. The van der Waals surface area contributed by atoms with Gasteiger partial charge >= 0.3 is 0 Å². The van der Waals surface area contributed by atoms with Crippen LogP contribution >= 0.6 is 24.0 Å². The van der Waals surface area contributed by atoms with E-state index in [1.54, 1.807) is 12.1 Å². The lowest BCUT2D eigenvalue weighted by Gasteiger charge is -2.39. The first kappa shape index (κ1) is 23.4. The monoisotopic (exact) mass is 503 g/mol. The predicted molar refractivity (Wildman–Crippen MR) is 124 cm³/mol. The number of hydrogen-bond donors (Lipinski definition) is 1. The van der Waals surface area contributed by atoms with Crippen LogP contribution in [0.2, 0.25) is 0 Å². The van der Waals surface area contributed by atoms with Crippen LogP contribution in [0, 0.1) is 17.7 Å². The first-order chi connectivity index (χ1) is 13.0. The molecule has 1 unspecified atom stereocenters. The number of halogens is 2. The second-order valence-electron chi connectivity index (χ2n) is 8.53. The Morgan fingerprint density at radius 1 is 1.29 bits per heavy atom. The van der Waals surface area contributed by atoms with Gasteiger partial charge < -0.3 is 15.0 Å². The smallest absolute Gasteiger partial charge is 0.193 e. The molecule has 158 valence electrons. The molecular weight excluding hydrogens is 468 g/mol. The van der Waals surface area contributed by atoms with Crippen molar-refractivity contribution in [3.05, 3.63) is 35.6 Å². The van der Waals surface area contributed by atoms with Crippen LogP contribution in [0.5, 0.6) is 0 Å². The van der Waals surface area contributed by atoms with E-state index in [0.29, 0.717) is 0 Å². The number of nitrogens with zero attached hydrogens (tertiary/aromatic N) is 2. The van der Waals surface area contributed by atoms with Crippen molar-refractivity contribution in [3.63, 3.8) is 0 Å². The van der Waals surface area contributed by atoms with E-state index in [1.807, 2.05) is 19.2 Å². The van der Waals surface area contributed by atoms with Gasteiger partial charge in [0.25, 0.3) is 0 Å². The summed E-state index contributed by atoms with van der Waals surface area (Å²) in [5.41, 5.74) is 1.16. The van der Waals surface area contributed by atoms with Crippen LogP contribution in [-0.4, -0.2) is 50.8 Å². The van der Waals surface area contributed by atoms with Crippen LogP contribution in [0.25, 0.3) is 0 Å². The van der Waals surface area contributed by atoms with E-state index < -0.39 is 0 Å². The number of guanidine groups is 1. The lowest BCUT2D eigenvalue weighted by Crippen LogP contribution is -2.48. The molecule has 0 bridgehead atoms. The van der Waals surface area contributed by atoms with Crippen LogP contribution in [-0.2, 0) is 10.2 Å². The van der Waals surface area contributed by atoms with E-state index in [1.165, 1.54) is 18.4 Å². The summed E-state index contributed by atoms with van der Waals surface area (Å²) in [5, 5.41) is 3.64. The van der Waals surface area contributed by atoms with Crippen molar-refractivity contribution in [1.82, 2.24) is 10.2 Å². The van der Waals surface area contributed by atoms with Crippen molar-refractivity contribution in [1.29, 1.82) is 0 Å². The molecule has 1 aromatic carbocycles. The summed E-state index contributed by atoms with van der Waals surface area (Å²) in [7, 11) is 1.87. The van der Waals surface area contributed by atoms with Crippen LogP contribution < -0.4 is 5.32 Å². The van der Waals surface area contributed by atoms with E-state index in [0.717, 1.165) is 63.5 Å². The molecule has 2 saturated heterocycles. The third-order valence-corrected chi connectivity index (χ3v) is 6.09. The van der Waals surface area contributed by atoms with E-state index in [2.05, 4.69) is 29.1 Å². The number of nitrogens with one attached hydrogen (secondary N) is 1. The molecule has 1 N–H and O–H groups in total. The van der Waals surface area contributed by atoms with Crippen molar-refractivity contribution < 1.29 is 9.13 Å². The van der Waals surface area contributed by atoms with Gasteiger partial charge in [0.2, 0.25) is 0 Å². The first-order valence-electron chi connectivity index (χ1n) is 10.3. The average molecular weight is 503 g/mol. The van der Waals surface area contributed by atoms with Crippen LogP contribution in [0.4, 0.5) is 4.39 Å². The molecular formula is C22H35FIN3O. The third-order valence-electron chi connectivity index (χ3n) is 6.09. The second kappa shape index (κ2) is 10.8. The molecule has 4 nitrogen and oxygen atoms in total. The van der Waals surface area contributed by atoms with Gasteiger partial charge in [-0.2, -0.15) is 0 Å². The summed E-state index contributed by atoms with van der Waals surface area (Å²) in [6.07, 6.45) is 4.41. The third kappa shape index (κ3) is 5.81. The SMILES string of the molecule is CN=C(NCC1(c2ccc(F)cc2)CCOCC1)N1CCC(CC(C)C)C1.I. The number of benzene rings is 1. The highest BCUT2D eigenvalue weighted by Gasteiger charge is 2.35. The quantitative estimate of drug-likeness (QED) is 0.367. The minimum absolute atomic E-state index is 0. The minimum atomic E-state index is -0.182. The Hall–Kier alpha value is -0.890. The van der Waals surface area contributed by atoms with Gasteiger partial charge in [-0.3, -0.25) is 4.99 Å². The maximum atomic E-state index is 13.4. The van der Waals surface area contributed by atoms with Crippen molar-refractivity contribution in [3.8, 4) is 0 Å². The largest absolute Gasteiger partial charge is 0.381 e. The Labute approximate surface area is 186 Å². The highest BCUT2D eigenvalue weighted by atomic mass is 127. The number of hydrogen-bond acceptors (Lipinski definition) is 2. The van der Waals surface area contributed by atoms with Crippen molar-refractivity contribution in [2.45, 2.75) is 44.9 Å². The zero-order valence-corrected chi connectivity index (χ0v) is 19.7. The summed E-state index contributed by atoms with van der Waals surface area (Å²) < 4.78 is 19.0. The standard InChI is InChI=1S/C22H34FN3O.HI/c1-17(2)14-18-8-11-26(15-18)21(24-3)25-16-22(9-12-27-13-10-22)19-4-6-20(23)7-5-19;/h4-7,17-18H,8-16H2,1-3H3,(H,24,25);1H. The number of ether oxygens (including phenoxy) is 1. The molecule has 1 atom stereocenters. The minimum Gasteiger partial charge on any atom is -0.381 e. The van der Waals surface area contributed by atoms with E-state index in [4.69, 9.17) is 4.74 Å². The highest BCUT2D eigenvalue weighted by Crippen LogP contribution is 2.34. The van der Waals surface area contributed by atoms with Gasteiger partial charge in [0, 0.05) is 45.3 Å². The van der Waals surface area contributed by atoms with Crippen molar-refractivity contribution in [2.24, 2.45) is 16.8 Å². The Kier molecular flexibility index (Phi) is 8.99. The predicted octanol–water partition coefficient (Wildman–Crippen LogP) is 4.44. The van der Waals surface area contributed by atoms with Crippen molar-refractivity contribution in [2.75, 3.05) is 39.9 Å². The molecule has 0 amide bonds. The molecule has 0 spiro atoms. The normalized spacial score (nSPS) is 22.2. The Morgan fingerprint density at radius 2 is 1.96 bits per heavy atom. The maximum Gasteiger partial charge on any atom is 0.193 e. The summed E-state index contributed by atoms with van der Waals surface area (Å²) in [5.74, 6) is 2.32. The van der Waals surface area contributed by atoms with E-state index in [-0.39, 0.29) is 35.2 Å².